The SMILES string of the molecule is Cc1cccc(NC(=O)c2ccccc2NC(=O)CN2CCN(c3ncnc4c3cnn4C)CC2)c1. The minimum absolute atomic E-state index is 0.157. The number of para-hydroxylation sites is 1. The van der Waals surface area contributed by atoms with E-state index >= 15 is 0 Å². The third kappa shape index (κ3) is 5.03. The van der Waals surface area contributed by atoms with Crippen molar-refractivity contribution in [2.24, 2.45) is 7.05 Å². The van der Waals surface area contributed by atoms with Gasteiger partial charge in [-0.3, -0.25) is 19.2 Å². The number of hydrogen-bond acceptors (Lipinski definition) is 7. The predicted octanol–water partition coefficient (Wildman–Crippen LogP) is 2.68. The number of anilines is 3. The summed E-state index contributed by atoms with van der Waals surface area (Å²) < 4.78 is 1.74. The first-order valence-corrected chi connectivity index (χ1v) is 11.8. The fourth-order valence-corrected chi connectivity index (χ4v) is 4.42. The summed E-state index contributed by atoms with van der Waals surface area (Å²) in [5, 5.41) is 11.0. The molecule has 2 N–H and O–H groups in total. The van der Waals surface area contributed by atoms with Crippen molar-refractivity contribution < 1.29 is 9.59 Å². The standard InChI is InChI=1S/C26H28N8O2/c1-18-6-5-7-19(14-18)30-26(36)20-8-3-4-9-22(20)31-23(35)16-33-10-12-34(13-11-33)25-21-15-29-32(2)24(21)27-17-28-25/h3-9,14-15,17H,10-13,16H2,1-2H3,(H,30,36)(H,31,35). The van der Waals surface area contributed by atoms with E-state index in [1.807, 2.05) is 38.2 Å². The van der Waals surface area contributed by atoms with E-state index in [4.69, 9.17) is 0 Å². The van der Waals surface area contributed by atoms with Crippen LogP contribution in [0.5, 0.6) is 0 Å². The first-order valence-electron chi connectivity index (χ1n) is 11.8. The molecule has 1 aliphatic rings. The maximum absolute atomic E-state index is 12.9. The lowest BCUT2D eigenvalue weighted by molar-refractivity contribution is -0.117. The molecule has 3 heterocycles. The number of carbonyl (C=O) groups excluding carboxylic acids is 2. The van der Waals surface area contributed by atoms with Crippen LogP contribution < -0.4 is 15.5 Å². The van der Waals surface area contributed by atoms with Crippen molar-refractivity contribution >= 4 is 40.0 Å². The maximum atomic E-state index is 12.9. The molecular formula is C26H28N8O2. The average Bonchev–Trinajstić information content (AvgIpc) is 3.26. The minimum atomic E-state index is -0.267. The molecule has 1 fully saturated rings. The van der Waals surface area contributed by atoms with E-state index in [2.05, 4.69) is 35.5 Å². The van der Waals surface area contributed by atoms with Gasteiger partial charge in [0, 0.05) is 38.9 Å². The van der Waals surface area contributed by atoms with E-state index < -0.39 is 0 Å². The first-order chi connectivity index (χ1) is 17.5. The van der Waals surface area contributed by atoms with Gasteiger partial charge < -0.3 is 15.5 Å². The molecule has 10 nitrogen and oxygen atoms in total. The second-order valence-electron chi connectivity index (χ2n) is 8.88. The molecule has 0 aliphatic carbocycles. The van der Waals surface area contributed by atoms with Crippen LogP contribution in [-0.4, -0.2) is 69.2 Å². The zero-order valence-electron chi connectivity index (χ0n) is 20.3. The Hall–Kier alpha value is -4.31. The van der Waals surface area contributed by atoms with E-state index in [-0.39, 0.29) is 18.4 Å². The topological polar surface area (TPSA) is 108 Å². The summed E-state index contributed by atoms with van der Waals surface area (Å²) in [5.74, 6) is 0.443. The highest BCUT2D eigenvalue weighted by Crippen LogP contribution is 2.23. The Morgan fingerprint density at radius 2 is 1.78 bits per heavy atom. The summed E-state index contributed by atoms with van der Waals surface area (Å²) in [5.41, 5.74) is 3.48. The molecule has 2 aromatic carbocycles. The summed E-state index contributed by atoms with van der Waals surface area (Å²) in [4.78, 5) is 38.8. The van der Waals surface area contributed by atoms with Crippen LogP contribution in [0.25, 0.3) is 11.0 Å². The van der Waals surface area contributed by atoms with Gasteiger partial charge in [-0.1, -0.05) is 24.3 Å². The minimum Gasteiger partial charge on any atom is -0.353 e. The summed E-state index contributed by atoms with van der Waals surface area (Å²) in [6.45, 7) is 5.13. The zero-order chi connectivity index (χ0) is 25.1. The van der Waals surface area contributed by atoms with Gasteiger partial charge >= 0.3 is 0 Å². The Bertz CT molecular complexity index is 1410. The van der Waals surface area contributed by atoms with Gasteiger partial charge in [-0.15, -0.1) is 0 Å². The molecule has 10 heteroatoms. The van der Waals surface area contributed by atoms with Crippen molar-refractivity contribution in [1.29, 1.82) is 0 Å². The van der Waals surface area contributed by atoms with Crippen molar-refractivity contribution in [1.82, 2.24) is 24.6 Å². The van der Waals surface area contributed by atoms with Crippen LogP contribution in [0.2, 0.25) is 0 Å². The molecule has 0 radical (unpaired) electrons. The quantitative estimate of drug-likeness (QED) is 0.433. The third-order valence-corrected chi connectivity index (χ3v) is 6.27. The number of nitrogens with one attached hydrogen (secondary N) is 2. The summed E-state index contributed by atoms with van der Waals surface area (Å²) in [6.07, 6.45) is 3.35. The zero-order valence-corrected chi connectivity index (χ0v) is 20.3. The second kappa shape index (κ2) is 10.1. The van der Waals surface area contributed by atoms with E-state index in [0.717, 1.165) is 35.5 Å². The molecule has 36 heavy (non-hydrogen) atoms. The molecule has 5 rings (SSSR count). The van der Waals surface area contributed by atoms with Crippen molar-refractivity contribution in [3.05, 3.63) is 72.2 Å². The number of hydrogen-bond donors (Lipinski definition) is 2. The lowest BCUT2D eigenvalue weighted by atomic mass is 10.1. The number of carbonyl (C=O) groups is 2. The normalized spacial score (nSPS) is 14.1. The monoisotopic (exact) mass is 484 g/mol. The van der Waals surface area contributed by atoms with Crippen LogP contribution in [-0.2, 0) is 11.8 Å². The molecule has 0 atom stereocenters. The van der Waals surface area contributed by atoms with Gasteiger partial charge in [0.25, 0.3) is 5.91 Å². The van der Waals surface area contributed by atoms with E-state index in [1.165, 1.54) is 0 Å². The number of aryl methyl sites for hydroxylation is 2. The molecule has 0 spiro atoms. The highest BCUT2D eigenvalue weighted by Gasteiger charge is 2.23. The predicted molar refractivity (Wildman–Crippen MR) is 139 cm³/mol. The van der Waals surface area contributed by atoms with Gasteiger partial charge in [0.05, 0.1) is 29.4 Å². The number of aromatic nitrogens is 4. The molecule has 0 bridgehead atoms. The Balaban J connectivity index is 1.19. The van der Waals surface area contributed by atoms with Crippen LogP contribution in [0, 0.1) is 6.92 Å². The van der Waals surface area contributed by atoms with Crippen LogP contribution in [0.3, 0.4) is 0 Å². The summed E-state index contributed by atoms with van der Waals surface area (Å²) in [6, 6.07) is 14.6. The van der Waals surface area contributed by atoms with Crippen molar-refractivity contribution in [3.63, 3.8) is 0 Å². The Morgan fingerprint density at radius 1 is 0.972 bits per heavy atom. The molecule has 184 valence electrons. The molecule has 1 saturated heterocycles. The Labute approximate surface area is 208 Å². The average molecular weight is 485 g/mol. The molecule has 2 amide bonds. The Morgan fingerprint density at radius 3 is 2.58 bits per heavy atom. The highest BCUT2D eigenvalue weighted by atomic mass is 16.2. The second-order valence-corrected chi connectivity index (χ2v) is 8.88. The molecule has 4 aromatic rings. The van der Waals surface area contributed by atoms with Crippen LogP contribution in [0.1, 0.15) is 15.9 Å². The van der Waals surface area contributed by atoms with Crippen LogP contribution in [0.4, 0.5) is 17.2 Å². The summed E-state index contributed by atoms with van der Waals surface area (Å²) >= 11 is 0. The largest absolute Gasteiger partial charge is 0.353 e. The molecule has 0 saturated carbocycles. The number of fused-ring (bicyclic) bond motifs is 1. The molecular weight excluding hydrogens is 456 g/mol. The van der Waals surface area contributed by atoms with Crippen molar-refractivity contribution in [2.45, 2.75) is 6.92 Å². The van der Waals surface area contributed by atoms with E-state index in [1.54, 1.807) is 41.5 Å². The van der Waals surface area contributed by atoms with Gasteiger partial charge in [0.15, 0.2) is 5.65 Å². The number of rotatable bonds is 6. The number of piperazine rings is 1. The molecule has 2 aromatic heterocycles. The Kier molecular flexibility index (Phi) is 6.59. The highest BCUT2D eigenvalue weighted by molar-refractivity contribution is 6.10. The van der Waals surface area contributed by atoms with Gasteiger partial charge in [0.2, 0.25) is 5.91 Å². The lowest BCUT2D eigenvalue weighted by Crippen LogP contribution is -2.49. The van der Waals surface area contributed by atoms with Gasteiger partial charge in [-0.05, 0) is 36.8 Å². The van der Waals surface area contributed by atoms with Gasteiger partial charge in [-0.25, -0.2) is 9.97 Å². The smallest absolute Gasteiger partial charge is 0.257 e. The fraction of sp³-hybridized carbons (Fsp3) is 0.269. The van der Waals surface area contributed by atoms with Gasteiger partial charge in [0.1, 0.15) is 12.1 Å². The van der Waals surface area contributed by atoms with Crippen LogP contribution in [0.15, 0.2) is 61.1 Å². The van der Waals surface area contributed by atoms with Crippen LogP contribution >= 0.6 is 0 Å². The summed E-state index contributed by atoms with van der Waals surface area (Å²) in [7, 11) is 1.86. The molecule has 0 unspecified atom stereocenters. The maximum Gasteiger partial charge on any atom is 0.257 e. The van der Waals surface area contributed by atoms with Crippen molar-refractivity contribution in [2.75, 3.05) is 48.3 Å². The molecule has 1 aliphatic heterocycles. The van der Waals surface area contributed by atoms with Gasteiger partial charge in [-0.2, -0.15) is 5.10 Å². The van der Waals surface area contributed by atoms with E-state index in [0.29, 0.717) is 30.0 Å². The third-order valence-electron chi connectivity index (χ3n) is 6.27. The number of benzene rings is 2. The van der Waals surface area contributed by atoms with Crippen molar-refractivity contribution in [3.8, 4) is 0 Å². The fourth-order valence-electron chi connectivity index (χ4n) is 4.42. The number of amides is 2. The van der Waals surface area contributed by atoms with E-state index in [9.17, 15) is 9.59 Å². The first kappa shape index (κ1) is 23.4. The lowest BCUT2D eigenvalue weighted by Gasteiger charge is -2.35. The number of nitrogens with zero attached hydrogens (tertiary/aromatic N) is 6.